The van der Waals surface area contributed by atoms with E-state index in [-0.39, 0.29) is 0 Å². The second-order valence-electron chi connectivity index (χ2n) is 6.02. The van der Waals surface area contributed by atoms with Crippen molar-refractivity contribution in [2.24, 2.45) is 5.92 Å². The molecule has 1 aliphatic rings. The third-order valence-corrected chi connectivity index (χ3v) is 5.29. The Bertz CT molecular complexity index is 397. The molecule has 0 radical (unpaired) electrons. The summed E-state index contributed by atoms with van der Waals surface area (Å²) in [6.45, 7) is 3.01. The fraction of sp³-hybridized carbons (Fsp3) is 0.706. The maximum absolute atomic E-state index is 12.2. The van der Waals surface area contributed by atoms with Gasteiger partial charge in [-0.25, -0.2) is 0 Å². The Hall–Kier alpha value is -0.870. The molecule has 21 heavy (non-hydrogen) atoms. The molecule has 0 aliphatic carbocycles. The standard InChI is InChI=1S/C17H28N2OS/c1-18-14-15-9-11-19(12-10-15)17(20)8-4-2-3-6-16-7-5-13-21-16/h5,7,13,15,18H,2-4,6,8-12,14H2,1H3. The summed E-state index contributed by atoms with van der Waals surface area (Å²) in [5.74, 6) is 1.12. The number of rotatable bonds is 8. The van der Waals surface area contributed by atoms with Crippen LogP contribution in [0.5, 0.6) is 0 Å². The number of amides is 1. The molecule has 1 aromatic heterocycles. The van der Waals surface area contributed by atoms with E-state index in [1.807, 2.05) is 18.4 Å². The molecule has 1 saturated heterocycles. The lowest BCUT2D eigenvalue weighted by Gasteiger charge is -2.32. The van der Waals surface area contributed by atoms with Gasteiger partial charge in [-0.05, 0) is 63.1 Å². The first-order valence-corrected chi connectivity index (χ1v) is 9.12. The Kier molecular flexibility index (Phi) is 7.24. The van der Waals surface area contributed by atoms with Crippen LogP contribution < -0.4 is 5.32 Å². The first-order chi connectivity index (χ1) is 10.3. The molecule has 1 N–H and O–H groups in total. The van der Waals surface area contributed by atoms with Crippen molar-refractivity contribution >= 4 is 17.2 Å². The summed E-state index contributed by atoms with van der Waals surface area (Å²) in [5.41, 5.74) is 0. The lowest BCUT2D eigenvalue weighted by molar-refractivity contribution is -0.132. The van der Waals surface area contributed by atoms with E-state index < -0.39 is 0 Å². The van der Waals surface area contributed by atoms with E-state index in [2.05, 4.69) is 27.7 Å². The number of unbranched alkanes of at least 4 members (excludes halogenated alkanes) is 2. The molecule has 4 heteroatoms. The molecule has 3 nitrogen and oxygen atoms in total. The predicted molar refractivity (Wildman–Crippen MR) is 89.7 cm³/mol. The second-order valence-corrected chi connectivity index (χ2v) is 7.05. The van der Waals surface area contributed by atoms with Gasteiger partial charge in [0.05, 0.1) is 0 Å². The highest BCUT2D eigenvalue weighted by molar-refractivity contribution is 7.09. The van der Waals surface area contributed by atoms with Crippen LogP contribution in [0.4, 0.5) is 0 Å². The van der Waals surface area contributed by atoms with Gasteiger partial charge in [0.15, 0.2) is 0 Å². The third-order valence-electron chi connectivity index (χ3n) is 4.35. The molecule has 1 aromatic rings. The number of carbonyl (C=O) groups is 1. The summed E-state index contributed by atoms with van der Waals surface area (Å²) < 4.78 is 0. The molecule has 0 atom stereocenters. The Balaban J connectivity index is 1.53. The van der Waals surface area contributed by atoms with E-state index in [9.17, 15) is 4.79 Å². The highest BCUT2D eigenvalue weighted by atomic mass is 32.1. The predicted octanol–water partition coefficient (Wildman–Crippen LogP) is 3.31. The third kappa shape index (κ3) is 5.79. The van der Waals surface area contributed by atoms with Gasteiger partial charge in [0, 0.05) is 24.4 Å². The minimum atomic E-state index is 0.369. The van der Waals surface area contributed by atoms with E-state index in [1.165, 1.54) is 24.1 Å². The summed E-state index contributed by atoms with van der Waals surface area (Å²) >= 11 is 1.83. The molecule has 0 aromatic carbocycles. The van der Waals surface area contributed by atoms with Gasteiger partial charge in [-0.1, -0.05) is 12.5 Å². The maximum Gasteiger partial charge on any atom is 0.222 e. The van der Waals surface area contributed by atoms with Gasteiger partial charge in [0.1, 0.15) is 0 Å². The molecule has 0 saturated carbocycles. The van der Waals surface area contributed by atoms with Crippen molar-refractivity contribution in [1.82, 2.24) is 10.2 Å². The number of piperidine rings is 1. The fourth-order valence-electron chi connectivity index (χ4n) is 3.04. The zero-order chi connectivity index (χ0) is 14.9. The SMILES string of the molecule is CNCC1CCN(C(=O)CCCCCc2cccs2)CC1. The van der Waals surface area contributed by atoms with Crippen LogP contribution in [0.15, 0.2) is 17.5 Å². The van der Waals surface area contributed by atoms with Crippen LogP contribution in [-0.2, 0) is 11.2 Å². The number of nitrogens with zero attached hydrogens (tertiary/aromatic N) is 1. The van der Waals surface area contributed by atoms with Gasteiger partial charge in [-0.15, -0.1) is 11.3 Å². The summed E-state index contributed by atoms with van der Waals surface area (Å²) in [6.07, 6.45) is 7.64. The van der Waals surface area contributed by atoms with Crippen LogP contribution in [0.1, 0.15) is 43.4 Å². The maximum atomic E-state index is 12.2. The topological polar surface area (TPSA) is 32.3 Å². The number of nitrogens with one attached hydrogen (secondary N) is 1. The summed E-state index contributed by atoms with van der Waals surface area (Å²) in [4.78, 5) is 15.7. The van der Waals surface area contributed by atoms with Crippen LogP contribution in [-0.4, -0.2) is 37.5 Å². The molecular formula is C17H28N2OS. The Morgan fingerprint density at radius 1 is 1.33 bits per heavy atom. The van der Waals surface area contributed by atoms with Gasteiger partial charge in [0.25, 0.3) is 0 Å². The number of thiophene rings is 1. The lowest BCUT2D eigenvalue weighted by Crippen LogP contribution is -2.40. The van der Waals surface area contributed by atoms with Crippen molar-refractivity contribution in [3.05, 3.63) is 22.4 Å². The van der Waals surface area contributed by atoms with Crippen molar-refractivity contribution in [1.29, 1.82) is 0 Å². The van der Waals surface area contributed by atoms with Crippen LogP contribution in [0.3, 0.4) is 0 Å². The number of likely N-dealkylation sites (tertiary alicyclic amines) is 1. The van der Waals surface area contributed by atoms with Crippen LogP contribution in [0.25, 0.3) is 0 Å². The quantitative estimate of drug-likeness (QED) is 0.747. The van der Waals surface area contributed by atoms with Gasteiger partial charge in [-0.3, -0.25) is 4.79 Å². The normalized spacial score (nSPS) is 16.3. The first kappa shape index (κ1) is 16.5. The molecule has 1 amide bonds. The van der Waals surface area contributed by atoms with Crippen molar-refractivity contribution in [2.45, 2.75) is 44.9 Å². The first-order valence-electron chi connectivity index (χ1n) is 8.24. The largest absolute Gasteiger partial charge is 0.343 e. The second kappa shape index (κ2) is 9.21. The molecule has 0 unspecified atom stereocenters. The number of hydrogen-bond donors (Lipinski definition) is 1. The molecule has 0 spiro atoms. The molecular weight excluding hydrogens is 280 g/mol. The summed E-state index contributed by atoms with van der Waals surface area (Å²) in [6, 6.07) is 4.31. The highest BCUT2D eigenvalue weighted by Crippen LogP contribution is 2.18. The molecule has 118 valence electrons. The number of hydrogen-bond acceptors (Lipinski definition) is 3. The Morgan fingerprint density at radius 3 is 2.81 bits per heavy atom. The van der Waals surface area contributed by atoms with Crippen molar-refractivity contribution in [3.8, 4) is 0 Å². The smallest absolute Gasteiger partial charge is 0.222 e. The summed E-state index contributed by atoms with van der Waals surface area (Å²) in [5, 5.41) is 5.37. The van der Waals surface area contributed by atoms with Crippen LogP contribution in [0.2, 0.25) is 0 Å². The van der Waals surface area contributed by atoms with Crippen molar-refractivity contribution < 1.29 is 4.79 Å². The van der Waals surface area contributed by atoms with Gasteiger partial charge in [0.2, 0.25) is 5.91 Å². The van der Waals surface area contributed by atoms with Crippen LogP contribution in [0, 0.1) is 5.92 Å². The van der Waals surface area contributed by atoms with Gasteiger partial charge in [-0.2, -0.15) is 0 Å². The lowest BCUT2D eigenvalue weighted by atomic mass is 9.96. The molecule has 2 rings (SSSR count). The minimum absolute atomic E-state index is 0.369. The number of carbonyl (C=O) groups excluding carboxylic acids is 1. The minimum Gasteiger partial charge on any atom is -0.343 e. The van der Waals surface area contributed by atoms with E-state index in [0.717, 1.165) is 51.2 Å². The molecule has 1 fully saturated rings. The van der Waals surface area contributed by atoms with Crippen molar-refractivity contribution in [2.75, 3.05) is 26.7 Å². The fourth-order valence-corrected chi connectivity index (χ4v) is 3.79. The molecule has 1 aliphatic heterocycles. The highest BCUT2D eigenvalue weighted by Gasteiger charge is 2.21. The van der Waals surface area contributed by atoms with E-state index in [1.54, 1.807) is 0 Å². The zero-order valence-corrected chi connectivity index (χ0v) is 14.0. The summed E-state index contributed by atoms with van der Waals surface area (Å²) in [7, 11) is 2.01. The zero-order valence-electron chi connectivity index (χ0n) is 13.1. The van der Waals surface area contributed by atoms with E-state index >= 15 is 0 Å². The van der Waals surface area contributed by atoms with Gasteiger partial charge >= 0.3 is 0 Å². The molecule has 0 bridgehead atoms. The Labute approximate surface area is 132 Å². The average Bonchev–Trinajstić information content (AvgIpc) is 3.01. The number of aryl methyl sites for hydroxylation is 1. The van der Waals surface area contributed by atoms with Gasteiger partial charge < -0.3 is 10.2 Å². The Morgan fingerprint density at radius 2 is 2.14 bits per heavy atom. The monoisotopic (exact) mass is 308 g/mol. The molecule has 2 heterocycles. The van der Waals surface area contributed by atoms with E-state index in [4.69, 9.17) is 0 Å². The van der Waals surface area contributed by atoms with E-state index in [0.29, 0.717) is 5.91 Å². The van der Waals surface area contributed by atoms with Crippen molar-refractivity contribution in [3.63, 3.8) is 0 Å². The average molecular weight is 308 g/mol. The van der Waals surface area contributed by atoms with Crippen LogP contribution >= 0.6 is 11.3 Å².